The molecule has 0 radical (unpaired) electrons. The number of rotatable bonds is 4. The van der Waals surface area contributed by atoms with Crippen molar-refractivity contribution in [2.24, 2.45) is 0 Å². The molecule has 2 aromatic carbocycles. The minimum atomic E-state index is -0.285. The third-order valence-electron chi connectivity index (χ3n) is 3.81. The summed E-state index contributed by atoms with van der Waals surface area (Å²) in [6, 6.07) is 14.8. The fourth-order valence-electron chi connectivity index (χ4n) is 2.53. The van der Waals surface area contributed by atoms with E-state index in [-0.39, 0.29) is 5.91 Å². The van der Waals surface area contributed by atoms with E-state index in [9.17, 15) is 4.79 Å². The maximum Gasteiger partial charge on any atom is 0.274 e. The molecule has 1 aromatic heterocycles. The van der Waals surface area contributed by atoms with Crippen molar-refractivity contribution in [2.75, 3.05) is 10.6 Å². The van der Waals surface area contributed by atoms with Crippen LogP contribution in [0.1, 0.15) is 27.4 Å². The number of benzene rings is 2. The number of nitrogens with zero attached hydrogens (tertiary/aromatic N) is 2. The van der Waals surface area contributed by atoms with Gasteiger partial charge in [-0.1, -0.05) is 29.8 Å². The van der Waals surface area contributed by atoms with E-state index in [1.54, 1.807) is 13.0 Å². The molecule has 3 rings (SSSR count). The van der Waals surface area contributed by atoms with Crippen molar-refractivity contribution < 1.29 is 4.79 Å². The lowest BCUT2D eigenvalue weighted by molar-refractivity contribution is 0.102. The Labute approximate surface area is 157 Å². The second-order valence-electron chi connectivity index (χ2n) is 6.09. The van der Waals surface area contributed by atoms with Crippen molar-refractivity contribution >= 4 is 34.7 Å². The third kappa shape index (κ3) is 4.37. The number of carbonyl (C=O) groups excluding carboxylic acids is 1. The number of halogens is 1. The number of hydrogen-bond acceptors (Lipinski definition) is 4. The molecule has 0 aliphatic carbocycles. The highest BCUT2D eigenvalue weighted by Gasteiger charge is 2.12. The summed E-state index contributed by atoms with van der Waals surface area (Å²) in [7, 11) is 0. The molecule has 0 aliphatic rings. The van der Waals surface area contributed by atoms with Crippen LogP contribution in [-0.2, 0) is 0 Å². The van der Waals surface area contributed by atoms with Gasteiger partial charge in [-0.2, -0.15) is 0 Å². The third-order valence-corrected chi connectivity index (χ3v) is 4.04. The van der Waals surface area contributed by atoms with Crippen molar-refractivity contribution in [3.63, 3.8) is 0 Å². The highest BCUT2D eigenvalue weighted by atomic mass is 35.5. The summed E-state index contributed by atoms with van der Waals surface area (Å²) in [6.45, 7) is 5.69. The van der Waals surface area contributed by atoms with Crippen LogP contribution in [-0.4, -0.2) is 15.9 Å². The average molecular weight is 367 g/mol. The van der Waals surface area contributed by atoms with Gasteiger partial charge in [0.1, 0.15) is 17.3 Å². The van der Waals surface area contributed by atoms with Crippen LogP contribution < -0.4 is 10.6 Å². The van der Waals surface area contributed by atoms with E-state index in [2.05, 4.69) is 20.6 Å². The summed E-state index contributed by atoms with van der Waals surface area (Å²) < 4.78 is 0. The van der Waals surface area contributed by atoms with E-state index in [4.69, 9.17) is 11.6 Å². The molecule has 5 nitrogen and oxygen atoms in total. The minimum absolute atomic E-state index is 0.285. The first-order chi connectivity index (χ1) is 12.4. The van der Waals surface area contributed by atoms with Crippen LogP contribution in [0, 0.1) is 20.8 Å². The maximum absolute atomic E-state index is 12.6. The van der Waals surface area contributed by atoms with Crippen molar-refractivity contribution in [1.29, 1.82) is 0 Å². The molecule has 0 atom stereocenters. The first-order valence-electron chi connectivity index (χ1n) is 8.17. The molecule has 132 valence electrons. The fourth-order valence-corrected chi connectivity index (χ4v) is 2.70. The zero-order valence-corrected chi connectivity index (χ0v) is 15.6. The van der Waals surface area contributed by atoms with Gasteiger partial charge in [-0.3, -0.25) is 4.79 Å². The van der Waals surface area contributed by atoms with Crippen LogP contribution in [0.15, 0.2) is 48.5 Å². The Morgan fingerprint density at radius 2 is 1.81 bits per heavy atom. The molecule has 0 spiro atoms. The van der Waals surface area contributed by atoms with Crippen LogP contribution in [0.5, 0.6) is 0 Å². The maximum atomic E-state index is 12.6. The molecule has 0 saturated carbocycles. The number of aryl methyl sites for hydroxylation is 3. The molecular formula is C20H19ClN4O. The van der Waals surface area contributed by atoms with Crippen LogP contribution in [0.4, 0.5) is 17.2 Å². The Morgan fingerprint density at radius 3 is 2.58 bits per heavy atom. The number of hydrogen-bond donors (Lipinski definition) is 2. The molecule has 3 aromatic rings. The van der Waals surface area contributed by atoms with Gasteiger partial charge >= 0.3 is 0 Å². The normalized spacial score (nSPS) is 10.5. The Balaban J connectivity index is 1.85. The standard InChI is InChI=1S/C20H19ClN4O/c1-12-5-4-6-16(9-12)24-20(26)18-11-19(23-14(3)22-18)25-17-10-15(21)8-7-13(17)2/h4-11H,1-3H3,(H,24,26)(H,22,23,25). The Morgan fingerprint density at radius 1 is 1.00 bits per heavy atom. The molecule has 0 unspecified atom stereocenters. The molecule has 0 bridgehead atoms. The zero-order chi connectivity index (χ0) is 18.7. The fraction of sp³-hybridized carbons (Fsp3) is 0.150. The molecular weight excluding hydrogens is 348 g/mol. The zero-order valence-electron chi connectivity index (χ0n) is 14.8. The van der Waals surface area contributed by atoms with E-state index < -0.39 is 0 Å². The average Bonchev–Trinajstić information content (AvgIpc) is 2.57. The van der Waals surface area contributed by atoms with E-state index in [1.165, 1.54) is 0 Å². The summed E-state index contributed by atoms with van der Waals surface area (Å²) in [4.78, 5) is 21.2. The number of anilines is 3. The Kier molecular flexibility index (Phi) is 5.19. The van der Waals surface area contributed by atoms with E-state index in [0.29, 0.717) is 22.4 Å². The Hall–Kier alpha value is -2.92. The number of nitrogens with one attached hydrogen (secondary N) is 2. The van der Waals surface area contributed by atoms with Gasteiger partial charge in [0, 0.05) is 22.5 Å². The van der Waals surface area contributed by atoms with Gasteiger partial charge in [-0.25, -0.2) is 9.97 Å². The van der Waals surface area contributed by atoms with Gasteiger partial charge in [0.05, 0.1) is 0 Å². The van der Waals surface area contributed by atoms with Crippen molar-refractivity contribution in [1.82, 2.24) is 9.97 Å². The second kappa shape index (κ2) is 7.54. The van der Waals surface area contributed by atoms with Gasteiger partial charge in [0.2, 0.25) is 0 Å². The largest absolute Gasteiger partial charge is 0.340 e. The van der Waals surface area contributed by atoms with Gasteiger partial charge in [-0.15, -0.1) is 0 Å². The van der Waals surface area contributed by atoms with Gasteiger partial charge in [-0.05, 0) is 56.2 Å². The first kappa shape index (κ1) is 17.9. The summed E-state index contributed by atoms with van der Waals surface area (Å²) in [5, 5.41) is 6.69. The topological polar surface area (TPSA) is 66.9 Å². The molecule has 2 N–H and O–H groups in total. The van der Waals surface area contributed by atoms with Crippen molar-refractivity contribution in [3.8, 4) is 0 Å². The molecule has 1 heterocycles. The van der Waals surface area contributed by atoms with E-state index >= 15 is 0 Å². The lowest BCUT2D eigenvalue weighted by Gasteiger charge is -2.11. The predicted octanol–water partition coefficient (Wildman–Crippen LogP) is 5.05. The van der Waals surface area contributed by atoms with Crippen LogP contribution in [0.2, 0.25) is 5.02 Å². The molecule has 1 amide bonds. The SMILES string of the molecule is Cc1cccc(NC(=O)c2cc(Nc3cc(Cl)ccc3C)nc(C)n2)c1. The van der Waals surface area contributed by atoms with Gasteiger partial charge in [0.15, 0.2) is 0 Å². The van der Waals surface area contributed by atoms with Gasteiger partial charge in [0.25, 0.3) is 5.91 Å². The second-order valence-corrected chi connectivity index (χ2v) is 6.53. The van der Waals surface area contributed by atoms with Crippen molar-refractivity contribution in [2.45, 2.75) is 20.8 Å². The molecule has 0 fully saturated rings. The monoisotopic (exact) mass is 366 g/mol. The van der Waals surface area contributed by atoms with Gasteiger partial charge < -0.3 is 10.6 Å². The minimum Gasteiger partial charge on any atom is -0.340 e. The number of amides is 1. The summed E-state index contributed by atoms with van der Waals surface area (Å²) in [5.74, 6) is 0.758. The van der Waals surface area contributed by atoms with E-state index in [0.717, 1.165) is 22.5 Å². The van der Waals surface area contributed by atoms with E-state index in [1.807, 2.05) is 56.3 Å². The lowest BCUT2D eigenvalue weighted by atomic mass is 10.2. The highest BCUT2D eigenvalue weighted by molar-refractivity contribution is 6.30. The molecule has 6 heteroatoms. The summed E-state index contributed by atoms with van der Waals surface area (Å²) in [6.07, 6.45) is 0. The lowest BCUT2D eigenvalue weighted by Crippen LogP contribution is -2.15. The predicted molar refractivity (Wildman–Crippen MR) is 105 cm³/mol. The summed E-state index contributed by atoms with van der Waals surface area (Å²) >= 11 is 6.06. The molecule has 26 heavy (non-hydrogen) atoms. The molecule has 0 aliphatic heterocycles. The van der Waals surface area contributed by atoms with Crippen LogP contribution >= 0.6 is 11.6 Å². The Bertz CT molecular complexity index is 972. The number of carbonyl (C=O) groups is 1. The molecule has 0 saturated heterocycles. The van der Waals surface area contributed by atoms with Crippen LogP contribution in [0.25, 0.3) is 0 Å². The number of aromatic nitrogens is 2. The van der Waals surface area contributed by atoms with Crippen LogP contribution in [0.3, 0.4) is 0 Å². The first-order valence-corrected chi connectivity index (χ1v) is 8.55. The summed E-state index contributed by atoms with van der Waals surface area (Å²) in [5.41, 5.74) is 3.95. The van der Waals surface area contributed by atoms with Crippen molar-refractivity contribution in [3.05, 3.63) is 76.2 Å². The quantitative estimate of drug-likeness (QED) is 0.678. The smallest absolute Gasteiger partial charge is 0.274 e. The highest BCUT2D eigenvalue weighted by Crippen LogP contribution is 2.24.